The first-order valence-corrected chi connectivity index (χ1v) is 10.2. The molecule has 2 unspecified atom stereocenters. The highest BCUT2D eigenvalue weighted by molar-refractivity contribution is 5.91. The molecule has 2 atom stereocenters. The van der Waals surface area contributed by atoms with Gasteiger partial charge < -0.3 is 9.64 Å². The van der Waals surface area contributed by atoms with Crippen molar-refractivity contribution in [2.45, 2.75) is 70.4 Å². The second-order valence-electron chi connectivity index (χ2n) is 7.28. The minimum Gasteiger partial charge on any atom is -0.467 e. The second kappa shape index (κ2) is 11.4. The van der Waals surface area contributed by atoms with E-state index in [0.29, 0.717) is 19.3 Å². The number of nitrogens with zero attached hydrogens (tertiary/aromatic N) is 1. The van der Waals surface area contributed by atoms with E-state index in [-0.39, 0.29) is 23.7 Å². The third-order valence-corrected chi connectivity index (χ3v) is 5.15. The maximum atomic E-state index is 12.6. The smallest absolute Gasteiger partial charge is 0.328 e. The van der Waals surface area contributed by atoms with E-state index >= 15 is 0 Å². The van der Waals surface area contributed by atoms with Crippen LogP contribution in [0.2, 0.25) is 0 Å². The minimum absolute atomic E-state index is 0.00947. The Morgan fingerprint density at radius 2 is 2.00 bits per heavy atom. The number of amides is 1. The molecule has 0 saturated carbocycles. The van der Waals surface area contributed by atoms with Gasteiger partial charge in [0.15, 0.2) is 5.78 Å². The molecule has 1 aliphatic heterocycles. The van der Waals surface area contributed by atoms with E-state index in [4.69, 9.17) is 4.74 Å². The number of likely N-dealkylation sites (tertiary alicyclic amines) is 1. The number of ketones is 1. The van der Waals surface area contributed by atoms with Gasteiger partial charge in [-0.1, -0.05) is 62.6 Å². The van der Waals surface area contributed by atoms with Gasteiger partial charge in [0.25, 0.3) is 0 Å². The van der Waals surface area contributed by atoms with E-state index in [2.05, 4.69) is 6.92 Å². The van der Waals surface area contributed by atoms with E-state index in [1.165, 1.54) is 7.11 Å². The summed E-state index contributed by atoms with van der Waals surface area (Å²) in [6, 6.07) is 8.75. The molecule has 1 saturated heterocycles. The lowest BCUT2D eigenvalue weighted by Gasteiger charge is -2.38. The topological polar surface area (TPSA) is 63.7 Å². The second-order valence-corrected chi connectivity index (χ2v) is 7.28. The molecule has 28 heavy (non-hydrogen) atoms. The molecule has 0 aliphatic carbocycles. The highest BCUT2D eigenvalue weighted by Gasteiger charge is 2.36. The molecule has 0 spiro atoms. The Morgan fingerprint density at radius 1 is 1.25 bits per heavy atom. The molecular weight excluding hydrogens is 354 g/mol. The lowest BCUT2D eigenvalue weighted by Crippen LogP contribution is -2.52. The van der Waals surface area contributed by atoms with E-state index in [1.807, 2.05) is 30.3 Å². The van der Waals surface area contributed by atoms with Crippen LogP contribution in [0.1, 0.15) is 57.4 Å². The first-order valence-electron chi connectivity index (χ1n) is 10.2. The molecule has 5 nitrogen and oxygen atoms in total. The predicted molar refractivity (Wildman–Crippen MR) is 109 cm³/mol. The molecule has 1 heterocycles. The number of unbranched alkanes of at least 4 members (excludes halogenated alkanes) is 2. The number of rotatable bonds is 10. The Balaban J connectivity index is 2.11. The molecule has 1 aromatic carbocycles. The van der Waals surface area contributed by atoms with Crippen LogP contribution in [0.15, 0.2) is 42.5 Å². The number of allylic oxidation sites excluding steroid dienone is 1. The zero-order valence-electron chi connectivity index (χ0n) is 16.9. The van der Waals surface area contributed by atoms with Crippen molar-refractivity contribution in [3.63, 3.8) is 0 Å². The minimum atomic E-state index is -0.580. The van der Waals surface area contributed by atoms with Gasteiger partial charge in [0.05, 0.1) is 13.2 Å². The lowest BCUT2D eigenvalue weighted by atomic mass is 9.95. The van der Waals surface area contributed by atoms with Gasteiger partial charge in [-0.05, 0) is 30.9 Å². The Morgan fingerprint density at radius 3 is 2.68 bits per heavy atom. The van der Waals surface area contributed by atoms with Crippen molar-refractivity contribution in [1.82, 2.24) is 4.90 Å². The summed E-state index contributed by atoms with van der Waals surface area (Å²) in [7, 11) is 1.36. The predicted octanol–water partition coefficient (Wildman–Crippen LogP) is 3.86. The van der Waals surface area contributed by atoms with Gasteiger partial charge in [-0.15, -0.1) is 0 Å². The Bertz CT molecular complexity index is 683. The zero-order chi connectivity index (χ0) is 20.4. The summed E-state index contributed by atoms with van der Waals surface area (Å²) in [5, 5.41) is 0. The number of esters is 1. The normalized spacial score (nSPS) is 18.3. The SMILES string of the molecule is CCCCCC(C(=O)OC)N1C(=O)CCCC1/C=C/C(=O)Cc1ccccc1. The first-order chi connectivity index (χ1) is 13.6. The van der Waals surface area contributed by atoms with Crippen LogP contribution in [0.4, 0.5) is 0 Å². The molecule has 2 rings (SSSR count). The average molecular weight is 386 g/mol. The van der Waals surface area contributed by atoms with Crippen molar-refractivity contribution in [3.8, 4) is 0 Å². The summed E-state index contributed by atoms with van der Waals surface area (Å²) in [6.07, 6.45) is 9.13. The van der Waals surface area contributed by atoms with Crippen LogP contribution in [0.25, 0.3) is 0 Å². The maximum absolute atomic E-state index is 12.6. The van der Waals surface area contributed by atoms with Gasteiger partial charge in [0.1, 0.15) is 6.04 Å². The van der Waals surface area contributed by atoms with Crippen LogP contribution in [-0.2, 0) is 25.5 Å². The Labute approximate surface area is 167 Å². The molecule has 5 heteroatoms. The van der Waals surface area contributed by atoms with E-state index in [0.717, 1.165) is 37.7 Å². The number of hydrogen-bond donors (Lipinski definition) is 0. The number of piperidine rings is 1. The largest absolute Gasteiger partial charge is 0.467 e. The number of carbonyl (C=O) groups excluding carboxylic acids is 3. The van der Waals surface area contributed by atoms with Gasteiger partial charge in [-0.3, -0.25) is 9.59 Å². The van der Waals surface area contributed by atoms with Crippen molar-refractivity contribution in [3.05, 3.63) is 48.0 Å². The molecule has 0 radical (unpaired) electrons. The lowest BCUT2D eigenvalue weighted by molar-refractivity contribution is -0.156. The van der Waals surface area contributed by atoms with Crippen molar-refractivity contribution in [2.24, 2.45) is 0 Å². The number of ether oxygens (including phenoxy) is 1. The van der Waals surface area contributed by atoms with Crippen LogP contribution in [-0.4, -0.2) is 41.8 Å². The van der Waals surface area contributed by atoms with Crippen molar-refractivity contribution in [1.29, 1.82) is 0 Å². The van der Waals surface area contributed by atoms with Crippen molar-refractivity contribution >= 4 is 17.7 Å². The molecule has 0 bridgehead atoms. The average Bonchev–Trinajstić information content (AvgIpc) is 2.70. The highest BCUT2D eigenvalue weighted by atomic mass is 16.5. The zero-order valence-corrected chi connectivity index (χ0v) is 16.9. The van der Waals surface area contributed by atoms with Gasteiger partial charge in [0, 0.05) is 12.8 Å². The standard InChI is InChI=1S/C23H31NO4/c1-3-4-6-13-21(23(27)28-2)24-19(12-9-14-22(24)26)15-16-20(25)17-18-10-7-5-8-11-18/h5,7-8,10-11,15-16,19,21H,3-4,6,9,12-14,17H2,1-2H3/b16-15+. The van der Waals surface area contributed by atoms with Crippen LogP contribution in [0, 0.1) is 0 Å². The van der Waals surface area contributed by atoms with Crippen molar-refractivity contribution in [2.75, 3.05) is 7.11 Å². The summed E-state index contributed by atoms with van der Waals surface area (Å²) in [4.78, 5) is 39.0. The third-order valence-electron chi connectivity index (χ3n) is 5.15. The Kier molecular flexibility index (Phi) is 8.92. The van der Waals surface area contributed by atoms with Gasteiger partial charge in [0.2, 0.25) is 5.91 Å². The highest BCUT2D eigenvalue weighted by Crippen LogP contribution is 2.25. The number of methoxy groups -OCH3 is 1. The van der Waals surface area contributed by atoms with Crippen LogP contribution >= 0.6 is 0 Å². The summed E-state index contributed by atoms with van der Waals surface area (Å²) >= 11 is 0. The quantitative estimate of drug-likeness (QED) is 0.349. The van der Waals surface area contributed by atoms with Crippen LogP contribution < -0.4 is 0 Å². The molecule has 1 amide bonds. The summed E-state index contributed by atoms with van der Waals surface area (Å²) < 4.78 is 4.97. The summed E-state index contributed by atoms with van der Waals surface area (Å²) in [5.41, 5.74) is 0.959. The van der Waals surface area contributed by atoms with E-state index < -0.39 is 6.04 Å². The molecule has 0 N–H and O–H groups in total. The molecule has 1 aliphatic rings. The van der Waals surface area contributed by atoms with Crippen molar-refractivity contribution < 1.29 is 19.1 Å². The molecule has 152 valence electrons. The molecule has 1 aromatic rings. The molecule has 0 aromatic heterocycles. The fraction of sp³-hybridized carbons (Fsp3) is 0.522. The fourth-order valence-electron chi connectivity index (χ4n) is 3.68. The van der Waals surface area contributed by atoms with Gasteiger partial charge in [-0.25, -0.2) is 4.79 Å². The van der Waals surface area contributed by atoms with Crippen LogP contribution in [0.5, 0.6) is 0 Å². The van der Waals surface area contributed by atoms with Crippen LogP contribution in [0.3, 0.4) is 0 Å². The number of carbonyl (C=O) groups is 3. The Hall–Kier alpha value is -2.43. The molecular formula is C23H31NO4. The maximum Gasteiger partial charge on any atom is 0.328 e. The summed E-state index contributed by atoms with van der Waals surface area (Å²) in [5.74, 6) is -0.423. The van der Waals surface area contributed by atoms with E-state index in [1.54, 1.807) is 17.1 Å². The van der Waals surface area contributed by atoms with Gasteiger partial charge >= 0.3 is 5.97 Å². The first kappa shape index (κ1) is 21.9. The monoisotopic (exact) mass is 385 g/mol. The number of hydrogen-bond acceptors (Lipinski definition) is 4. The summed E-state index contributed by atoms with van der Waals surface area (Å²) in [6.45, 7) is 2.10. The van der Waals surface area contributed by atoms with Gasteiger partial charge in [-0.2, -0.15) is 0 Å². The molecule has 1 fully saturated rings. The fourth-order valence-corrected chi connectivity index (χ4v) is 3.68. The van der Waals surface area contributed by atoms with E-state index in [9.17, 15) is 14.4 Å². The number of benzene rings is 1. The third kappa shape index (κ3) is 6.32.